The molecule has 1 saturated carbocycles. The molecule has 1 N–H and O–H groups in total. The Balaban J connectivity index is 2.04. The van der Waals surface area contributed by atoms with Gasteiger partial charge in [-0.3, -0.25) is 0 Å². The van der Waals surface area contributed by atoms with Crippen LogP contribution in [0.5, 0.6) is 0 Å². The Morgan fingerprint density at radius 1 is 1.53 bits per heavy atom. The van der Waals surface area contributed by atoms with Crippen LogP contribution < -0.4 is 5.32 Å². The van der Waals surface area contributed by atoms with Gasteiger partial charge in [-0.2, -0.15) is 0 Å². The minimum atomic E-state index is 0.483. The average molecular weight is 337 g/mol. The molecule has 4 heteroatoms. The topological polar surface area (TPSA) is 12.0 Å². The zero-order valence-electron chi connectivity index (χ0n) is 10.1. The van der Waals surface area contributed by atoms with E-state index in [0.717, 1.165) is 21.3 Å². The highest BCUT2D eigenvalue weighted by Gasteiger charge is 2.22. The molecule has 0 aromatic carbocycles. The van der Waals surface area contributed by atoms with E-state index in [1.165, 1.54) is 37.0 Å². The molecule has 1 aliphatic carbocycles. The number of rotatable bonds is 5. The molecule has 1 aromatic rings. The third-order valence-electron chi connectivity index (χ3n) is 3.50. The monoisotopic (exact) mass is 335 g/mol. The van der Waals surface area contributed by atoms with Crippen LogP contribution in [-0.4, -0.2) is 6.54 Å². The van der Waals surface area contributed by atoms with Crippen LogP contribution in [0.25, 0.3) is 0 Å². The zero-order chi connectivity index (χ0) is 12.3. The SMILES string of the molecule is CCNC(CC1CCCC1)c1cc(Cl)c(Br)s1. The van der Waals surface area contributed by atoms with Gasteiger partial charge in [-0.15, -0.1) is 11.3 Å². The Kier molecular flexibility index (Phi) is 5.34. The summed E-state index contributed by atoms with van der Waals surface area (Å²) in [4.78, 5) is 1.37. The van der Waals surface area contributed by atoms with Gasteiger partial charge >= 0.3 is 0 Å². The van der Waals surface area contributed by atoms with E-state index in [2.05, 4.69) is 34.2 Å². The van der Waals surface area contributed by atoms with Crippen molar-refractivity contribution in [3.05, 3.63) is 19.8 Å². The molecule has 1 fully saturated rings. The van der Waals surface area contributed by atoms with Crippen LogP contribution in [0, 0.1) is 5.92 Å². The molecule has 17 heavy (non-hydrogen) atoms. The Bertz CT molecular complexity index is 341. The van der Waals surface area contributed by atoms with E-state index >= 15 is 0 Å². The number of hydrogen-bond donors (Lipinski definition) is 1. The van der Waals surface area contributed by atoms with Gasteiger partial charge in [0.25, 0.3) is 0 Å². The van der Waals surface area contributed by atoms with E-state index in [9.17, 15) is 0 Å². The van der Waals surface area contributed by atoms with Crippen molar-refractivity contribution in [2.75, 3.05) is 6.54 Å². The fourth-order valence-electron chi connectivity index (χ4n) is 2.66. The third kappa shape index (κ3) is 3.69. The van der Waals surface area contributed by atoms with Gasteiger partial charge in [0.2, 0.25) is 0 Å². The summed E-state index contributed by atoms with van der Waals surface area (Å²) in [6, 6.07) is 2.59. The summed E-state index contributed by atoms with van der Waals surface area (Å²) in [6.07, 6.45) is 6.90. The van der Waals surface area contributed by atoms with Gasteiger partial charge in [-0.25, -0.2) is 0 Å². The van der Waals surface area contributed by atoms with Gasteiger partial charge in [0.05, 0.1) is 8.81 Å². The van der Waals surface area contributed by atoms with E-state index in [1.807, 2.05) is 0 Å². The molecule has 0 radical (unpaired) electrons. The van der Waals surface area contributed by atoms with Crippen molar-refractivity contribution in [1.29, 1.82) is 0 Å². The van der Waals surface area contributed by atoms with Crippen LogP contribution in [-0.2, 0) is 0 Å². The molecule has 1 aromatic heterocycles. The lowest BCUT2D eigenvalue weighted by molar-refractivity contribution is 0.405. The van der Waals surface area contributed by atoms with Crippen LogP contribution in [0.1, 0.15) is 49.9 Å². The maximum absolute atomic E-state index is 6.13. The molecule has 0 spiro atoms. The van der Waals surface area contributed by atoms with Gasteiger partial charge in [0.15, 0.2) is 0 Å². The molecule has 1 heterocycles. The summed E-state index contributed by atoms with van der Waals surface area (Å²) in [7, 11) is 0. The standard InChI is InChI=1S/C13H19BrClNS/c1-2-16-11(7-9-5-3-4-6-9)12-8-10(15)13(14)17-12/h8-9,11,16H,2-7H2,1H3. The lowest BCUT2D eigenvalue weighted by Gasteiger charge is -2.20. The molecule has 1 unspecified atom stereocenters. The van der Waals surface area contributed by atoms with Gasteiger partial charge in [0, 0.05) is 10.9 Å². The molecule has 1 nitrogen and oxygen atoms in total. The van der Waals surface area contributed by atoms with Crippen molar-refractivity contribution in [1.82, 2.24) is 5.32 Å². The molecule has 0 saturated heterocycles. The Morgan fingerprint density at radius 2 is 2.24 bits per heavy atom. The summed E-state index contributed by atoms with van der Waals surface area (Å²) >= 11 is 11.4. The Hall–Kier alpha value is 0.430. The van der Waals surface area contributed by atoms with E-state index in [4.69, 9.17) is 11.6 Å². The summed E-state index contributed by atoms with van der Waals surface area (Å²) in [6.45, 7) is 3.19. The predicted molar refractivity (Wildman–Crippen MR) is 80.0 cm³/mol. The minimum Gasteiger partial charge on any atom is -0.310 e. The molecule has 0 bridgehead atoms. The molecule has 96 valence electrons. The zero-order valence-corrected chi connectivity index (χ0v) is 13.3. The minimum absolute atomic E-state index is 0.483. The highest BCUT2D eigenvalue weighted by atomic mass is 79.9. The van der Waals surface area contributed by atoms with Crippen LogP contribution in [0.2, 0.25) is 5.02 Å². The van der Waals surface area contributed by atoms with Gasteiger partial charge in [-0.1, -0.05) is 44.2 Å². The number of nitrogens with one attached hydrogen (secondary N) is 1. The lowest BCUT2D eigenvalue weighted by Crippen LogP contribution is -2.22. The van der Waals surface area contributed by atoms with E-state index in [-0.39, 0.29) is 0 Å². The summed E-state index contributed by atoms with van der Waals surface area (Å²) < 4.78 is 1.06. The molecule has 0 aliphatic heterocycles. The van der Waals surface area contributed by atoms with E-state index < -0.39 is 0 Å². The molecule has 2 rings (SSSR count). The molecule has 1 aliphatic rings. The Morgan fingerprint density at radius 3 is 2.76 bits per heavy atom. The summed E-state index contributed by atoms with van der Waals surface area (Å²) in [5.74, 6) is 0.902. The first-order valence-electron chi connectivity index (χ1n) is 6.38. The first kappa shape index (κ1) is 13.9. The van der Waals surface area contributed by atoms with Crippen LogP contribution in [0.3, 0.4) is 0 Å². The normalized spacial score (nSPS) is 18.8. The predicted octanol–water partition coefficient (Wildman–Crippen LogP) is 5.39. The summed E-state index contributed by atoms with van der Waals surface area (Å²) in [5.41, 5.74) is 0. The van der Waals surface area contributed by atoms with Crippen molar-refractivity contribution in [2.24, 2.45) is 5.92 Å². The summed E-state index contributed by atoms with van der Waals surface area (Å²) in [5, 5.41) is 4.44. The van der Waals surface area contributed by atoms with Gasteiger partial charge in [-0.05, 0) is 40.9 Å². The molecular formula is C13H19BrClNS. The highest BCUT2D eigenvalue weighted by Crippen LogP contribution is 2.39. The molecular weight excluding hydrogens is 318 g/mol. The lowest BCUT2D eigenvalue weighted by atomic mass is 9.97. The van der Waals surface area contributed by atoms with Crippen molar-refractivity contribution >= 4 is 38.9 Å². The smallest absolute Gasteiger partial charge is 0.0887 e. The van der Waals surface area contributed by atoms with E-state index in [1.54, 1.807) is 11.3 Å². The average Bonchev–Trinajstić information content (AvgIpc) is 2.90. The van der Waals surface area contributed by atoms with Crippen molar-refractivity contribution in [3.8, 4) is 0 Å². The second kappa shape index (κ2) is 6.55. The molecule has 1 atom stereocenters. The highest BCUT2D eigenvalue weighted by molar-refractivity contribution is 9.11. The van der Waals surface area contributed by atoms with Crippen molar-refractivity contribution in [2.45, 2.75) is 45.1 Å². The van der Waals surface area contributed by atoms with Gasteiger partial charge < -0.3 is 5.32 Å². The maximum atomic E-state index is 6.13. The first-order chi connectivity index (χ1) is 8.20. The second-order valence-corrected chi connectivity index (χ2v) is 7.58. The quantitative estimate of drug-likeness (QED) is 0.759. The van der Waals surface area contributed by atoms with Crippen LogP contribution in [0.4, 0.5) is 0 Å². The van der Waals surface area contributed by atoms with Crippen LogP contribution >= 0.6 is 38.9 Å². The molecule has 0 amide bonds. The maximum Gasteiger partial charge on any atom is 0.0887 e. The van der Waals surface area contributed by atoms with Crippen LogP contribution in [0.15, 0.2) is 9.85 Å². The van der Waals surface area contributed by atoms with E-state index in [0.29, 0.717) is 6.04 Å². The number of thiophene rings is 1. The van der Waals surface area contributed by atoms with Crippen molar-refractivity contribution < 1.29 is 0 Å². The number of halogens is 2. The second-order valence-electron chi connectivity index (χ2n) is 4.77. The largest absolute Gasteiger partial charge is 0.310 e. The fraction of sp³-hybridized carbons (Fsp3) is 0.692. The Labute approximate surface area is 121 Å². The number of hydrogen-bond acceptors (Lipinski definition) is 2. The fourth-order valence-corrected chi connectivity index (χ4v) is 4.50. The first-order valence-corrected chi connectivity index (χ1v) is 8.37. The van der Waals surface area contributed by atoms with Crippen molar-refractivity contribution in [3.63, 3.8) is 0 Å². The van der Waals surface area contributed by atoms with Gasteiger partial charge in [0.1, 0.15) is 0 Å². The third-order valence-corrected chi connectivity index (χ3v) is 6.09.